The zero-order valence-electron chi connectivity index (χ0n) is 18.1. The van der Waals surface area contributed by atoms with E-state index in [1.807, 2.05) is 54.9 Å². The standard InChI is InChI=1S/C23H21ClN8O/c1-3-31-15(2)17(12-26-31)20-9-10-25-21-11-19(28-32(20)21)23(33)27-22-18(24)14-30(29-22)13-16-7-5-4-6-8-16/h4-12,14H,3,13H2,1-2H3,(H,27,29,33). The van der Waals surface area contributed by atoms with E-state index in [0.717, 1.165) is 29.1 Å². The Kier molecular flexibility index (Phi) is 5.39. The highest BCUT2D eigenvalue weighted by Crippen LogP contribution is 2.24. The molecule has 0 radical (unpaired) electrons. The maximum absolute atomic E-state index is 12.9. The van der Waals surface area contributed by atoms with Gasteiger partial charge in [-0.15, -0.1) is 0 Å². The largest absolute Gasteiger partial charge is 0.302 e. The third kappa shape index (κ3) is 3.98. The number of anilines is 1. The number of rotatable bonds is 6. The predicted octanol–water partition coefficient (Wildman–Crippen LogP) is 4.07. The molecule has 0 fully saturated rings. The number of halogens is 1. The molecule has 0 bridgehead atoms. The number of carbonyl (C=O) groups excluding carboxylic acids is 1. The first kappa shape index (κ1) is 20.9. The minimum absolute atomic E-state index is 0.212. The van der Waals surface area contributed by atoms with Gasteiger partial charge in [-0.3, -0.25) is 14.2 Å². The van der Waals surface area contributed by atoms with Crippen molar-refractivity contribution < 1.29 is 4.79 Å². The lowest BCUT2D eigenvalue weighted by Crippen LogP contribution is -2.14. The number of fused-ring (bicyclic) bond motifs is 1. The molecule has 0 saturated heterocycles. The zero-order valence-corrected chi connectivity index (χ0v) is 18.9. The number of nitrogens with zero attached hydrogens (tertiary/aromatic N) is 7. The third-order valence-electron chi connectivity index (χ3n) is 5.41. The van der Waals surface area contributed by atoms with Crippen LogP contribution in [-0.2, 0) is 13.1 Å². The Labute approximate surface area is 194 Å². The monoisotopic (exact) mass is 460 g/mol. The number of hydrogen-bond acceptors (Lipinski definition) is 5. The molecule has 4 aromatic heterocycles. The topological polar surface area (TPSA) is 94.9 Å². The molecule has 5 rings (SSSR count). The summed E-state index contributed by atoms with van der Waals surface area (Å²) in [5.41, 5.74) is 4.60. The third-order valence-corrected chi connectivity index (χ3v) is 5.68. The molecule has 0 aliphatic heterocycles. The minimum atomic E-state index is -0.417. The van der Waals surface area contributed by atoms with Gasteiger partial charge in [-0.25, -0.2) is 9.50 Å². The van der Waals surface area contributed by atoms with Crippen LogP contribution in [0.25, 0.3) is 16.9 Å². The molecule has 33 heavy (non-hydrogen) atoms. The van der Waals surface area contributed by atoms with Crippen LogP contribution in [0.5, 0.6) is 0 Å². The van der Waals surface area contributed by atoms with Gasteiger partial charge in [-0.2, -0.15) is 15.3 Å². The van der Waals surface area contributed by atoms with Crippen molar-refractivity contribution in [3.8, 4) is 11.3 Å². The first-order valence-electron chi connectivity index (χ1n) is 10.5. The van der Waals surface area contributed by atoms with Crippen molar-refractivity contribution in [1.29, 1.82) is 0 Å². The number of carbonyl (C=O) groups is 1. The SMILES string of the molecule is CCn1ncc(-c2ccnc3cc(C(=O)Nc4nn(Cc5ccccc5)cc4Cl)nn23)c1C. The first-order valence-corrected chi connectivity index (χ1v) is 10.9. The van der Waals surface area contributed by atoms with Crippen LogP contribution in [0.4, 0.5) is 5.82 Å². The van der Waals surface area contributed by atoms with Gasteiger partial charge in [-0.05, 0) is 25.5 Å². The van der Waals surface area contributed by atoms with Gasteiger partial charge in [0.1, 0.15) is 5.02 Å². The van der Waals surface area contributed by atoms with Gasteiger partial charge in [-0.1, -0.05) is 41.9 Å². The number of hydrogen-bond donors (Lipinski definition) is 1. The van der Waals surface area contributed by atoms with Crippen LogP contribution in [0.3, 0.4) is 0 Å². The average molecular weight is 461 g/mol. The summed E-state index contributed by atoms with van der Waals surface area (Å²) >= 11 is 6.31. The van der Waals surface area contributed by atoms with Crippen LogP contribution >= 0.6 is 11.6 Å². The summed E-state index contributed by atoms with van der Waals surface area (Å²) in [5.74, 6) is -0.137. The normalized spacial score (nSPS) is 11.2. The second-order valence-electron chi connectivity index (χ2n) is 7.55. The second-order valence-corrected chi connectivity index (χ2v) is 7.96. The Hall–Kier alpha value is -3.98. The highest BCUT2D eigenvalue weighted by atomic mass is 35.5. The Bertz CT molecular complexity index is 1450. The highest BCUT2D eigenvalue weighted by molar-refractivity contribution is 6.33. The Morgan fingerprint density at radius 3 is 2.73 bits per heavy atom. The Morgan fingerprint density at radius 2 is 1.97 bits per heavy atom. The molecule has 1 aromatic carbocycles. The van der Waals surface area contributed by atoms with Crippen molar-refractivity contribution in [2.45, 2.75) is 26.9 Å². The van der Waals surface area contributed by atoms with Crippen molar-refractivity contribution in [2.75, 3.05) is 5.32 Å². The lowest BCUT2D eigenvalue weighted by molar-refractivity contribution is 0.102. The van der Waals surface area contributed by atoms with Crippen molar-refractivity contribution in [2.24, 2.45) is 0 Å². The fourth-order valence-corrected chi connectivity index (χ4v) is 3.93. The molecule has 1 amide bonds. The molecule has 0 spiro atoms. The molecule has 0 atom stereocenters. The highest BCUT2D eigenvalue weighted by Gasteiger charge is 2.18. The van der Waals surface area contributed by atoms with Crippen LogP contribution < -0.4 is 5.32 Å². The van der Waals surface area contributed by atoms with Gasteiger partial charge in [0.15, 0.2) is 17.2 Å². The molecule has 166 valence electrons. The van der Waals surface area contributed by atoms with Gasteiger partial charge in [0.25, 0.3) is 5.91 Å². The molecule has 0 saturated carbocycles. The van der Waals surface area contributed by atoms with Crippen molar-refractivity contribution in [1.82, 2.24) is 34.2 Å². The van der Waals surface area contributed by atoms with Crippen LogP contribution in [-0.4, -0.2) is 40.1 Å². The van der Waals surface area contributed by atoms with Crippen molar-refractivity contribution in [3.05, 3.63) is 83.0 Å². The summed E-state index contributed by atoms with van der Waals surface area (Å²) in [6, 6.07) is 13.4. The first-order chi connectivity index (χ1) is 16.0. The van der Waals surface area contributed by atoms with E-state index < -0.39 is 5.91 Å². The molecule has 0 aliphatic carbocycles. The van der Waals surface area contributed by atoms with Gasteiger partial charge in [0, 0.05) is 36.3 Å². The van der Waals surface area contributed by atoms with Crippen LogP contribution in [0.2, 0.25) is 5.02 Å². The molecular formula is C23H21ClN8O. The van der Waals surface area contributed by atoms with Crippen molar-refractivity contribution >= 4 is 29.0 Å². The van der Waals surface area contributed by atoms with Gasteiger partial charge >= 0.3 is 0 Å². The van der Waals surface area contributed by atoms with E-state index in [9.17, 15) is 4.79 Å². The van der Waals surface area contributed by atoms with Gasteiger partial charge in [0.05, 0.1) is 18.4 Å². The van der Waals surface area contributed by atoms with Crippen molar-refractivity contribution in [3.63, 3.8) is 0 Å². The van der Waals surface area contributed by atoms with E-state index in [2.05, 4.69) is 25.6 Å². The molecular weight excluding hydrogens is 440 g/mol. The lowest BCUT2D eigenvalue weighted by atomic mass is 10.2. The fourth-order valence-electron chi connectivity index (χ4n) is 3.73. The van der Waals surface area contributed by atoms with E-state index in [1.54, 1.807) is 33.9 Å². The molecule has 0 unspecified atom stereocenters. The molecule has 1 N–H and O–H groups in total. The summed E-state index contributed by atoms with van der Waals surface area (Å²) in [6.45, 7) is 5.35. The summed E-state index contributed by atoms with van der Waals surface area (Å²) < 4.78 is 5.24. The van der Waals surface area contributed by atoms with Gasteiger partial charge in [0.2, 0.25) is 0 Å². The minimum Gasteiger partial charge on any atom is -0.302 e. The van der Waals surface area contributed by atoms with Crippen LogP contribution in [0, 0.1) is 6.92 Å². The predicted molar refractivity (Wildman–Crippen MR) is 125 cm³/mol. The Balaban J connectivity index is 1.41. The molecule has 4 heterocycles. The molecule has 0 aliphatic rings. The number of benzene rings is 1. The van der Waals surface area contributed by atoms with E-state index in [4.69, 9.17) is 11.6 Å². The van der Waals surface area contributed by atoms with E-state index >= 15 is 0 Å². The maximum Gasteiger partial charge on any atom is 0.277 e. The fraction of sp³-hybridized carbons (Fsp3) is 0.174. The summed E-state index contributed by atoms with van der Waals surface area (Å²) in [7, 11) is 0. The number of aromatic nitrogens is 7. The number of aryl methyl sites for hydroxylation is 1. The zero-order chi connectivity index (χ0) is 22.9. The summed E-state index contributed by atoms with van der Waals surface area (Å²) in [4.78, 5) is 17.3. The summed E-state index contributed by atoms with van der Waals surface area (Å²) in [5, 5.41) is 16.4. The van der Waals surface area contributed by atoms with E-state index in [0.29, 0.717) is 17.2 Å². The quantitative estimate of drug-likeness (QED) is 0.412. The molecule has 10 heteroatoms. The van der Waals surface area contributed by atoms with Crippen LogP contribution in [0.1, 0.15) is 28.7 Å². The van der Waals surface area contributed by atoms with E-state index in [1.165, 1.54) is 0 Å². The van der Waals surface area contributed by atoms with Crippen LogP contribution in [0.15, 0.2) is 61.1 Å². The second kappa shape index (κ2) is 8.51. The number of nitrogens with one attached hydrogen (secondary N) is 1. The van der Waals surface area contributed by atoms with E-state index in [-0.39, 0.29) is 11.5 Å². The summed E-state index contributed by atoms with van der Waals surface area (Å²) in [6.07, 6.45) is 5.18. The molecule has 5 aromatic rings. The number of amides is 1. The lowest BCUT2D eigenvalue weighted by Gasteiger charge is -2.04. The smallest absolute Gasteiger partial charge is 0.277 e. The van der Waals surface area contributed by atoms with Gasteiger partial charge < -0.3 is 5.32 Å². The average Bonchev–Trinajstić information content (AvgIpc) is 3.51. The molecule has 9 nitrogen and oxygen atoms in total. The Morgan fingerprint density at radius 1 is 1.15 bits per heavy atom. The maximum atomic E-state index is 12.9.